The second kappa shape index (κ2) is 9.39. The zero-order valence-electron chi connectivity index (χ0n) is 11.6. The molecule has 0 saturated carbocycles. The fourth-order valence-electron chi connectivity index (χ4n) is 2.09. The van der Waals surface area contributed by atoms with Crippen LogP contribution in [-0.4, -0.2) is 5.78 Å². The van der Waals surface area contributed by atoms with E-state index in [0.717, 1.165) is 18.4 Å². The summed E-state index contributed by atoms with van der Waals surface area (Å²) in [6, 6.07) is 5.36. The molecule has 0 aliphatic heterocycles. The van der Waals surface area contributed by atoms with E-state index in [1.165, 1.54) is 25.7 Å². The van der Waals surface area contributed by atoms with Crippen LogP contribution in [0.4, 0.5) is 0 Å². The lowest BCUT2D eigenvalue weighted by molar-refractivity contribution is -0.118. The van der Waals surface area contributed by atoms with E-state index in [4.69, 9.17) is 23.2 Å². The standard InChI is InChI=1S/C16H22Cl2O/c1-2-3-4-5-6-7-9-13(19)12-14-15(17)10-8-11-16(14)18/h8,10-11H,2-7,9,12H2,1H3. The topological polar surface area (TPSA) is 17.1 Å². The van der Waals surface area contributed by atoms with Crippen LogP contribution in [0.1, 0.15) is 57.4 Å². The summed E-state index contributed by atoms with van der Waals surface area (Å²) in [5.74, 6) is 0.227. The zero-order valence-corrected chi connectivity index (χ0v) is 13.1. The van der Waals surface area contributed by atoms with Crippen LogP contribution in [0.5, 0.6) is 0 Å². The summed E-state index contributed by atoms with van der Waals surface area (Å²) in [7, 11) is 0. The van der Waals surface area contributed by atoms with Gasteiger partial charge >= 0.3 is 0 Å². The molecule has 0 N–H and O–H groups in total. The fraction of sp³-hybridized carbons (Fsp3) is 0.562. The summed E-state index contributed by atoms with van der Waals surface area (Å²) in [6.45, 7) is 2.21. The normalized spacial score (nSPS) is 10.7. The van der Waals surface area contributed by atoms with Gasteiger partial charge in [-0.2, -0.15) is 0 Å². The minimum atomic E-state index is 0.227. The monoisotopic (exact) mass is 300 g/mol. The lowest BCUT2D eigenvalue weighted by Gasteiger charge is -2.06. The second-order valence-electron chi connectivity index (χ2n) is 4.93. The molecule has 1 aromatic carbocycles. The molecule has 1 aromatic rings. The highest BCUT2D eigenvalue weighted by Crippen LogP contribution is 2.25. The summed E-state index contributed by atoms with van der Waals surface area (Å²) in [5.41, 5.74) is 0.766. The number of halogens is 2. The highest BCUT2D eigenvalue weighted by atomic mass is 35.5. The lowest BCUT2D eigenvalue weighted by Crippen LogP contribution is -2.03. The fourth-order valence-corrected chi connectivity index (χ4v) is 2.62. The van der Waals surface area contributed by atoms with E-state index in [1.807, 2.05) is 0 Å². The van der Waals surface area contributed by atoms with Gasteiger partial charge in [0.25, 0.3) is 0 Å². The Morgan fingerprint density at radius 1 is 1.00 bits per heavy atom. The maximum absolute atomic E-state index is 11.9. The molecule has 106 valence electrons. The number of ketones is 1. The molecule has 19 heavy (non-hydrogen) atoms. The minimum absolute atomic E-state index is 0.227. The molecule has 0 atom stereocenters. The molecular weight excluding hydrogens is 279 g/mol. The van der Waals surface area contributed by atoms with Crippen molar-refractivity contribution in [3.05, 3.63) is 33.8 Å². The van der Waals surface area contributed by atoms with E-state index in [-0.39, 0.29) is 5.78 Å². The van der Waals surface area contributed by atoms with Crippen molar-refractivity contribution in [3.8, 4) is 0 Å². The number of hydrogen-bond acceptors (Lipinski definition) is 1. The number of rotatable bonds is 9. The Hall–Kier alpha value is -0.530. The average Bonchev–Trinajstić information content (AvgIpc) is 2.38. The van der Waals surface area contributed by atoms with Gasteiger partial charge in [-0.25, -0.2) is 0 Å². The van der Waals surface area contributed by atoms with Crippen molar-refractivity contribution < 1.29 is 4.79 Å². The summed E-state index contributed by atoms with van der Waals surface area (Å²) < 4.78 is 0. The summed E-state index contributed by atoms with van der Waals surface area (Å²) >= 11 is 12.1. The van der Waals surface area contributed by atoms with E-state index in [0.29, 0.717) is 22.9 Å². The minimum Gasteiger partial charge on any atom is -0.299 e. The van der Waals surface area contributed by atoms with Gasteiger partial charge in [0, 0.05) is 22.9 Å². The third kappa shape index (κ3) is 6.44. The Morgan fingerprint density at radius 3 is 2.21 bits per heavy atom. The van der Waals surface area contributed by atoms with Gasteiger partial charge in [-0.3, -0.25) is 4.79 Å². The van der Waals surface area contributed by atoms with E-state index in [2.05, 4.69) is 6.92 Å². The van der Waals surface area contributed by atoms with Crippen molar-refractivity contribution in [3.63, 3.8) is 0 Å². The highest BCUT2D eigenvalue weighted by molar-refractivity contribution is 6.36. The first-order valence-electron chi connectivity index (χ1n) is 7.09. The van der Waals surface area contributed by atoms with E-state index < -0.39 is 0 Å². The number of Topliss-reactive ketones (excluding diaryl/α,β-unsaturated/α-hetero) is 1. The molecule has 1 nitrogen and oxygen atoms in total. The number of benzene rings is 1. The zero-order chi connectivity index (χ0) is 14.1. The van der Waals surface area contributed by atoms with E-state index >= 15 is 0 Å². The van der Waals surface area contributed by atoms with Crippen LogP contribution >= 0.6 is 23.2 Å². The van der Waals surface area contributed by atoms with E-state index in [9.17, 15) is 4.79 Å². The molecule has 0 unspecified atom stereocenters. The summed E-state index contributed by atoms with van der Waals surface area (Å²) in [5, 5.41) is 1.17. The molecule has 0 saturated heterocycles. The van der Waals surface area contributed by atoms with Crippen molar-refractivity contribution in [2.45, 2.75) is 58.3 Å². The van der Waals surface area contributed by atoms with Gasteiger partial charge in [0.2, 0.25) is 0 Å². The number of hydrogen-bond donors (Lipinski definition) is 0. The molecule has 0 fully saturated rings. The molecule has 3 heteroatoms. The van der Waals surface area contributed by atoms with Gasteiger partial charge in [0.1, 0.15) is 5.78 Å². The van der Waals surface area contributed by atoms with Gasteiger partial charge in [0.15, 0.2) is 0 Å². The Balaban J connectivity index is 2.28. The van der Waals surface area contributed by atoms with Crippen LogP contribution in [0.2, 0.25) is 10.0 Å². The summed E-state index contributed by atoms with van der Waals surface area (Å²) in [4.78, 5) is 11.9. The SMILES string of the molecule is CCCCCCCCC(=O)Cc1c(Cl)cccc1Cl. The van der Waals surface area contributed by atoms with Gasteiger partial charge in [-0.15, -0.1) is 0 Å². The molecule has 0 heterocycles. The van der Waals surface area contributed by atoms with Crippen molar-refractivity contribution in [1.29, 1.82) is 0 Å². The first-order valence-corrected chi connectivity index (χ1v) is 7.85. The molecule has 0 aliphatic rings. The Bertz CT molecular complexity index is 381. The van der Waals surface area contributed by atoms with Crippen LogP contribution in [0.25, 0.3) is 0 Å². The molecule has 0 aromatic heterocycles. The summed E-state index contributed by atoms with van der Waals surface area (Å²) in [6.07, 6.45) is 8.16. The molecule has 1 rings (SSSR count). The predicted octanol–water partition coefficient (Wildman–Crippen LogP) is 5.86. The van der Waals surface area contributed by atoms with Crippen LogP contribution < -0.4 is 0 Å². The molecule has 0 amide bonds. The number of carbonyl (C=O) groups is 1. The molecule has 0 spiro atoms. The Kier molecular flexibility index (Phi) is 8.16. The van der Waals surface area contributed by atoms with Crippen molar-refractivity contribution >= 4 is 29.0 Å². The van der Waals surface area contributed by atoms with Gasteiger partial charge in [0.05, 0.1) is 0 Å². The van der Waals surface area contributed by atoms with Gasteiger partial charge in [-0.1, -0.05) is 68.3 Å². The van der Waals surface area contributed by atoms with Crippen molar-refractivity contribution in [2.24, 2.45) is 0 Å². The van der Waals surface area contributed by atoms with Crippen LogP contribution in [0.15, 0.2) is 18.2 Å². The Morgan fingerprint density at radius 2 is 1.58 bits per heavy atom. The second-order valence-corrected chi connectivity index (χ2v) is 5.75. The van der Waals surface area contributed by atoms with E-state index in [1.54, 1.807) is 18.2 Å². The quantitative estimate of drug-likeness (QED) is 0.522. The lowest BCUT2D eigenvalue weighted by atomic mass is 10.0. The van der Waals surface area contributed by atoms with Gasteiger partial charge < -0.3 is 0 Å². The third-order valence-corrected chi connectivity index (χ3v) is 3.95. The van der Waals surface area contributed by atoms with Gasteiger partial charge in [-0.05, 0) is 24.1 Å². The molecular formula is C16H22Cl2O. The van der Waals surface area contributed by atoms with Crippen molar-refractivity contribution in [1.82, 2.24) is 0 Å². The predicted molar refractivity (Wildman–Crippen MR) is 83.2 cm³/mol. The number of carbonyl (C=O) groups excluding carboxylic acids is 1. The largest absolute Gasteiger partial charge is 0.299 e. The van der Waals surface area contributed by atoms with Crippen LogP contribution in [0, 0.1) is 0 Å². The maximum atomic E-state index is 11.9. The highest BCUT2D eigenvalue weighted by Gasteiger charge is 2.10. The maximum Gasteiger partial charge on any atom is 0.137 e. The first-order chi connectivity index (χ1) is 9.15. The molecule has 0 radical (unpaired) electrons. The van der Waals surface area contributed by atoms with Crippen LogP contribution in [-0.2, 0) is 11.2 Å². The Labute approximate surface area is 126 Å². The van der Waals surface area contributed by atoms with Crippen LogP contribution in [0.3, 0.4) is 0 Å². The average molecular weight is 301 g/mol. The first kappa shape index (κ1) is 16.5. The molecule has 0 aliphatic carbocycles. The smallest absolute Gasteiger partial charge is 0.137 e. The number of unbranched alkanes of at least 4 members (excludes halogenated alkanes) is 5. The van der Waals surface area contributed by atoms with Crippen molar-refractivity contribution in [2.75, 3.05) is 0 Å². The molecule has 0 bridgehead atoms. The third-order valence-electron chi connectivity index (χ3n) is 3.24.